The van der Waals surface area contributed by atoms with Crippen LogP contribution >= 0.6 is 34.5 Å². The number of nitrogens with zero attached hydrogens (tertiary/aromatic N) is 2. The lowest BCUT2D eigenvalue weighted by atomic mass is 10.2. The van der Waals surface area contributed by atoms with Crippen LogP contribution in [0.3, 0.4) is 0 Å². The van der Waals surface area contributed by atoms with Crippen LogP contribution in [-0.2, 0) is 0 Å². The van der Waals surface area contributed by atoms with Gasteiger partial charge in [0.2, 0.25) is 5.13 Å². The van der Waals surface area contributed by atoms with Crippen LogP contribution in [0.1, 0.15) is 0 Å². The number of hydrazine groups is 1. The first-order valence-electron chi connectivity index (χ1n) is 6.83. The molecule has 0 saturated carbocycles. The molecule has 4 aromatic rings. The molecule has 0 atom stereocenters. The van der Waals surface area contributed by atoms with Crippen LogP contribution in [0, 0.1) is 0 Å². The molecule has 0 fully saturated rings. The van der Waals surface area contributed by atoms with Crippen LogP contribution < -0.4 is 10.9 Å². The van der Waals surface area contributed by atoms with Gasteiger partial charge in [-0.2, -0.15) is 0 Å². The van der Waals surface area contributed by atoms with Gasteiger partial charge in [0.1, 0.15) is 0 Å². The third kappa shape index (κ3) is 2.67. The molecule has 23 heavy (non-hydrogen) atoms. The monoisotopic (exact) mass is 360 g/mol. The quantitative estimate of drug-likeness (QED) is 0.467. The van der Waals surface area contributed by atoms with Crippen molar-refractivity contribution in [2.45, 2.75) is 0 Å². The van der Waals surface area contributed by atoms with E-state index in [0.717, 1.165) is 26.8 Å². The van der Waals surface area contributed by atoms with Gasteiger partial charge >= 0.3 is 0 Å². The molecule has 2 N–H and O–H groups in total. The molecular weight excluding hydrogens is 351 g/mol. The maximum atomic E-state index is 6.22. The molecule has 2 aromatic carbocycles. The van der Waals surface area contributed by atoms with E-state index in [1.54, 1.807) is 12.3 Å². The molecule has 4 rings (SSSR count). The first-order valence-corrected chi connectivity index (χ1v) is 8.40. The van der Waals surface area contributed by atoms with Crippen LogP contribution in [0.15, 0.2) is 48.7 Å². The summed E-state index contributed by atoms with van der Waals surface area (Å²) in [6.45, 7) is 0. The summed E-state index contributed by atoms with van der Waals surface area (Å²) in [4.78, 5) is 8.84. The largest absolute Gasteiger partial charge is 0.298 e. The molecule has 4 nitrogen and oxygen atoms in total. The fourth-order valence-electron chi connectivity index (χ4n) is 2.32. The zero-order chi connectivity index (χ0) is 15.8. The van der Waals surface area contributed by atoms with Gasteiger partial charge in [0, 0.05) is 11.6 Å². The third-order valence-electron chi connectivity index (χ3n) is 3.40. The Balaban J connectivity index is 1.65. The average molecular weight is 361 g/mol. The summed E-state index contributed by atoms with van der Waals surface area (Å²) in [5.41, 5.74) is 8.97. The van der Waals surface area contributed by atoms with Gasteiger partial charge in [-0.05, 0) is 36.4 Å². The van der Waals surface area contributed by atoms with Crippen LogP contribution in [0.25, 0.3) is 21.1 Å². The number of pyridine rings is 1. The Labute approximate surface area is 146 Å². The Hall–Kier alpha value is -2.08. The molecule has 0 radical (unpaired) electrons. The number of hydrogen-bond donors (Lipinski definition) is 2. The lowest BCUT2D eigenvalue weighted by molar-refractivity contribution is 1.36. The fourth-order valence-corrected chi connectivity index (χ4v) is 3.67. The highest BCUT2D eigenvalue weighted by Crippen LogP contribution is 2.36. The number of anilines is 2. The van der Waals surface area contributed by atoms with Crippen LogP contribution in [0.5, 0.6) is 0 Å². The smallest absolute Gasteiger partial charge is 0.202 e. The second-order valence-corrected chi connectivity index (χ2v) is 6.64. The van der Waals surface area contributed by atoms with Crippen molar-refractivity contribution in [1.82, 2.24) is 9.97 Å². The Morgan fingerprint density at radius 2 is 1.83 bits per heavy atom. The van der Waals surface area contributed by atoms with Crippen molar-refractivity contribution in [3.63, 3.8) is 0 Å². The highest BCUT2D eigenvalue weighted by molar-refractivity contribution is 7.22. The number of aromatic nitrogens is 2. The summed E-state index contributed by atoms with van der Waals surface area (Å²) in [5, 5.41) is 2.81. The maximum Gasteiger partial charge on any atom is 0.202 e. The fraction of sp³-hybridized carbons (Fsp3) is 0. The number of fused-ring (bicyclic) bond motifs is 2. The Morgan fingerprint density at radius 1 is 0.913 bits per heavy atom. The van der Waals surface area contributed by atoms with E-state index in [1.807, 2.05) is 36.4 Å². The van der Waals surface area contributed by atoms with Gasteiger partial charge in [0.15, 0.2) is 0 Å². The minimum Gasteiger partial charge on any atom is -0.298 e. The predicted octanol–water partition coefficient (Wildman–Crippen LogP) is 5.59. The summed E-state index contributed by atoms with van der Waals surface area (Å²) in [6.07, 6.45) is 1.78. The number of rotatable bonds is 3. The first kappa shape index (κ1) is 14.5. The number of benzene rings is 2. The number of hydrogen-bond acceptors (Lipinski definition) is 5. The molecule has 114 valence electrons. The number of nitrogens with one attached hydrogen (secondary N) is 2. The van der Waals surface area contributed by atoms with E-state index in [4.69, 9.17) is 23.2 Å². The molecule has 0 aliphatic heterocycles. The Bertz CT molecular complexity index is 1010. The van der Waals surface area contributed by atoms with Crippen LogP contribution in [0.4, 0.5) is 10.8 Å². The predicted molar refractivity (Wildman–Crippen MR) is 98.6 cm³/mol. The zero-order valence-electron chi connectivity index (χ0n) is 11.7. The maximum absolute atomic E-state index is 6.22. The van der Waals surface area contributed by atoms with E-state index in [2.05, 4.69) is 20.8 Å². The molecule has 0 amide bonds. The number of halogens is 2. The zero-order valence-corrected chi connectivity index (χ0v) is 14.0. The van der Waals surface area contributed by atoms with Crippen molar-refractivity contribution in [2.75, 3.05) is 10.9 Å². The van der Waals surface area contributed by atoms with Crippen LogP contribution in [-0.4, -0.2) is 9.97 Å². The molecule has 0 spiro atoms. The van der Waals surface area contributed by atoms with Gasteiger partial charge in [-0.25, -0.2) is 4.98 Å². The van der Waals surface area contributed by atoms with Gasteiger partial charge in [0.25, 0.3) is 0 Å². The molecule has 2 aromatic heterocycles. The molecule has 0 aliphatic carbocycles. The minimum atomic E-state index is 0.530. The summed E-state index contributed by atoms with van der Waals surface area (Å²) in [7, 11) is 0. The second kappa shape index (κ2) is 5.85. The lowest BCUT2D eigenvalue weighted by Crippen LogP contribution is -2.08. The lowest BCUT2D eigenvalue weighted by Gasteiger charge is -2.09. The molecule has 7 heteroatoms. The van der Waals surface area contributed by atoms with E-state index in [1.165, 1.54) is 11.3 Å². The van der Waals surface area contributed by atoms with Crippen molar-refractivity contribution in [1.29, 1.82) is 0 Å². The molecule has 0 bridgehead atoms. The highest BCUT2D eigenvalue weighted by atomic mass is 35.5. The van der Waals surface area contributed by atoms with Crippen molar-refractivity contribution in [2.24, 2.45) is 0 Å². The van der Waals surface area contributed by atoms with Crippen molar-refractivity contribution in [3.8, 4) is 0 Å². The minimum absolute atomic E-state index is 0.530. The molecular formula is C16H10Cl2N4S. The van der Waals surface area contributed by atoms with Crippen molar-refractivity contribution in [3.05, 3.63) is 58.7 Å². The first-order chi connectivity index (χ1) is 11.2. The van der Waals surface area contributed by atoms with Gasteiger partial charge < -0.3 is 0 Å². The number of thiazole rings is 1. The summed E-state index contributed by atoms with van der Waals surface area (Å²) < 4.78 is 0.864. The second-order valence-electron chi connectivity index (χ2n) is 4.85. The molecule has 2 heterocycles. The average Bonchev–Trinajstić information content (AvgIpc) is 3.00. The summed E-state index contributed by atoms with van der Waals surface area (Å²) in [5.74, 6) is 0. The van der Waals surface area contributed by atoms with Crippen molar-refractivity contribution >= 4 is 66.5 Å². The van der Waals surface area contributed by atoms with E-state index >= 15 is 0 Å². The normalized spacial score (nSPS) is 11.0. The van der Waals surface area contributed by atoms with E-state index in [0.29, 0.717) is 15.2 Å². The highest BCUT2D eigenvalue weighted by Gasteiger charge is 2.10. The van der Waals surface area contributed by atoms with E-state index < -0.39 is 0 Å². The summed E-state index contributed by atoms with van der Waals surface area (Å²) >= 11 is 13.7. The Morgan fingerprint density at radius 3 is 2.74 bits per heavy atom. The Kier molecular flexibility index (Phi) is 3.69. The van der Waals surface area contributed by atoms with Gasteiger partial charge in [-0.3, -0.25) is 15.8 Å². The third-order valence-corrected chi connectivity index (χ3v) is 5.32. The van der Waals surface area contributed by atoms with Gasteiger partial charge in [-0.1, -0.05) is 40.6 Å². The van der Waals surface area contributed by atoms with E-state index in [-0.39, 0.29) is 0 Å². The topological polar surface area (TPSA) is 49.8 Å². The molecule has 0 saturated heterocycles. The standard InChI is InChI=1S/C16H10Cl2N4S/c17-10-6-7-13-15(14(10)18)23-16(20-13)22-21-12-5-1-4-11-9(12)3-2-8-19-11/h1-8,21H,(H,20,22). The van der Waals surface area contributed by atoms with Gasteiger partial charge in [0.05, 0.1) is 31.5 Å². The SMILES string of the molecule is Clc1ccc2nc(NNc3cccc4ncccc34)sc2c1Cl. The van der Waals surface area contributed by atoms with E-state index in [9.17, 15) is 0 Å². The van der Waals surface area contributed by atoms with Crippen LogP contribution in [0.2, 0.25) is 10.0 Å². The van der Waals surface area contributed by atoms with Crippen molar-refractivity contribution < 1.29 is 0 Å². The molecule has 0 unspecified atom stereocenters. The van der Waals surface area contributed by atoms with Gasteiger partial charge in [-0.15, -0.1) is 0 Å². The summed E-state index contributed by atoms with van der Waals surface area (Å²) in [6, 6.07) is 13.4. The molecule has 0 aliphatic rings.